The van der Waals surface area contributed by atoms with Gasteiger partial charge in [0.25, 0.3) is 0 Å². The minimum atomic E-state index is 0.753. The fourth-order valence-corrected chi connectivity index (χ4v) is 2.60. The first-order chi connectivity index (χ1) is 7.28. The second kappa shape index (κ2) is 4.79. The topological polar surface area (TPSA) is 29.9 Å². The van der Waals surface area contributed by atoms with Crippen LogP contribution >= 0.6 is 0 Å². The van der Waals surface area contributed by atoms with Gasteiger partial charge in [-0.2, -0.15) is 5.10 Å². The van der Waals surface area contributed by atoms with Crippen LogP contribution in [0.15, 0.2) is 12.3 Å². The Hall–Kier alpha value is -0.830. The number of hydrogen-bond donors (Lipinski definition) is 1. The minimum Gasteiger partial charge on any atom is -0.314 e. The average molecular weight is 207 g/mol. The molecule has 1 fully saturated rings. The summed E-state index contributed by atoms with van der Waals surface area (Å²) in [5.74, 6) is 0.837. The summed E-state index contributed by atoms with van der Waals surface area (Å²) in [4.78, 5) is 0. The normalized spacial score (nSPS) is 26.0. The Labute approximate surface area is 91.9 Å². The SMILES string of the molecule is CCNC1CCC(Cc2ccn(C)n2)C1. The van der Waals surface area contributed by atoms with Gasteiger partial charge in [0.15, 0.2) is 0 Å². The molecule has 15 heavy (non-hydrogen) atoms. The predicted octanol–water partition coefficient (Wildman–Crippen LogP) is 1.74. The molecule has 2 unspecified atom stereocenters. The molecular formula is C12H21N3. The third-order valence-electron chi connectivity index (χ3n) is 3.30. The smallest absolute Gasteiger partial charge is 0.0627 e. The van der Waals surface area contributed by atoms with Crippen molar-refractivity contribution in [3.8, 4) is 0 Å². The van der Waals surface area contributed by atoms with Crippen LogP contribution in [0.25, 0.3) is 0 Å². The van der Waals surface area contributed by atoms with Gasteiger partial charge in [-0.05, 0) is 44.2 Å². The summed E-state index contributed by atoms with van der Waals surface area (Å²) < 4.78 is 1.89. The average Bonchev–Trinajstić information content (AvgIpc) is 2.78. The van der Waals surface area contributed by atoms with E-state index < -0.39 is 0 Å². The Balaban J connectivity index is 1.82. The van der Waals surface area contributed by atoms with Crippen molar-refractivity contribution in [1.82, 2.24) is 15.1 Å². The van der Waals surface area contributed by atoms with Crippen molar-refractivity contribution in [3.63, 3.8) is 0 Å². The van der Waals surface area contributed by atoms with Gasteiger partial charge in [-0.25, -0.2) is 0 Å². The van der Waals surface area contributed by atoms with Gasteiger partial charge in [0.05, 0.1) is 5.69 Å². The summed E-state index contributed by atoms with van der Waals surface area (Å²) >= 11 is 0. The van der Waals surface area contributed by atoms with Gasteiger partial charge in [-0.1, -0.05) is 6.92 Å². The summed E-state index contributed by atoms with van der Waals surface area (Å²) in [7, 11) is 1.99. The summed E-state index contributed by atoms with van der Waals surface area (Å²) in [6.45, 7) is 3.28. The van der Waals surface area contributed by atoms with Crippen molar-refractivity contribution in [2.75, 3.05) is 6.54 Å². The first-order valence-electron chi connectivity index (χ1n) is 6.00. The molecule has 0 amide bonds. The molecule has 2 rings (SSSR count). The molecule has 3 heteroatoms. The Bertz CT molecular complexity index is 306. The molecule has 3 nitrogen and oxygen atoms in total. The van der Waals surface area contributed by atoms with E-state index in [0.29, 0.717) is 0 Å². The largest absolute Gasteiger partial charge is 0.314 e. The first kappa shape index (κ1) is 10.7. The molecule has 0 radical (unpaired) electrons. The van der Waals surface area contributed by atoms with Gasteiger partial charge >= 0.3 is 0 Å². The highest BCUT2D eigenvalue weighted by molar-refractivity contribution is 5.01. The van der Waals surface area contributed by atoms with E-state index in [4.69, 9.17) is 0 Å². The maximum atomic E-state index is 4.44. The van der Waals surface area contributed by atoms with Gasteiger partial charge in [0.2, 0.25) is 0 Å². The van der Waals surface area contributed by atoms with Crippen molar-refractivity contribution < 1.29 is 0 Å². The molecule has 1 aromatic rings. The zero-order valence-electron chi connectivity index (χ0n) is 9.74. The van der Waals surface area contributed by atoms with E-state index in [9.17, 15) is 0 Å². The maximum absolute atomic E-state index is 4.44. The van der Waals surface area contributed by atoms with Gasteiger partial charge in [0, 0.05) is 19.3 Å². The highest BCUT2D eigenvalue weighted by atomic mass is 15.2. The third kappa shape index (κ3) is 2.81. The lowest BCUT2D eigenvalue weighted by molar-refractivity contribution is 0.488. The Morgan fingerprint density at radius 1 is 1.53 bits per heavy atom. The molecule has 2 atom stereocenters. The predicted molar refractivity (Wildman–Crippen MR) is 61.7 cm³/mol. The van der Waals surface area contributed by atoms with E-state index >= 15 is 0 Å². The second-order valence-electron chi connectivity index (χ2n) is 4.62. The number of nitrogens with one attached hydrogen (secondary N) is 1. The van der Waals surface area contributed by atoms with Gasteiger partial charge in [-0.3, -0.25) is 4.68 Å². The van der Waals surface area contributed by atoms with Crippen LogP contribution in [-0.2, 0) is 13.5 Å². The van der Waals surface area contributed by atoms with Crippen LogP contribution in [0.4, 0.5) is 0 Å². The maximum Gasteiger partial charge on any atom is 0.0627 e. The Morgan fingerprint density at radius 3 is 3.07 bits per heavy atom. The summed E-state index contributed by atoms with van der Waals surface area (Å²) in [5.41, 5.74) is 1.25. The van der Waals surface area contributed by atoms with Gasteiger partial charge < -0.3 is 5.32 Å². The number of rotatable bonds is 4. The molecule has 0 bridgehead atoms. The van der Waals surface area contributed by atoms with Crippen LogP contribution in [0.2, 0.25) is 0 Å². The number of aromatic nitrogens is 2. The zero-order chi connectivity index (χ0) is 10.7. The lowest BCUT2D eigenvalue weighted by Gasteiger charge is -2.10. The van der Waals surface area contributed by atoms with E-state index in [-0.39, 0.29) is 0 Å². The molecule has 1 aliphatic carbocycles. The quantitative estimate of drug-likeness (QED) is 0.815. The highest BCUT2D eigenvalue weighted by Gasteiger charge is 2.24. The summed E-state index contributed by atoms with van der Waals surface area (Å²) in [6, 6.07) is 2.89. The third-order valence-corrected chi connectivity index (χ3v) is 3.30. The minimum absolute atomic E-state index is 0.753. The van der Waals surface area contributed by atoms with Gasteiger partial charge in [0.1, 0.15) is 0 Å². The van der Waals surface area contributed by atoms with Crippen molar-refractivity contribution in [3.05, 3.63) is 18.0 Å². The zero-order valence-corrected chi connectivity index (χ0v) is 9.74. The molecule has 1 heterocycles. The van der Waals surface area contributed by atoms with Crippen LogP contribution in [-0.4, -0.2) is 22.4 Å². The van der Waals surface area contributed by atoms with Gasteiger partial charge in [-0.15, -0.1) is 0 Å². The van der Waals surface area contributed by atoms with Crippen molar-refractivity contribution in [2.45, 2.75) is 38.6 Å². The number of aryl methyl sites for hydroxylation is 1. The first-order valence-corrected chi connectivity index (χ1v) is 6.00. The standard InChI is InChI=1S/C12H21N3/c1-3-13-11-5-4-10(8-11)9-12-6-7-15(2)14-12/h6-7,10-11,13H,3-5,8-9H2,1-2H3. The van der Waals surface area contributed by atoms with E-state index in [2.05, 4.69) is 23.4 Å². The fourth-order valence-electron chi connectivity index (χ4n) is 2.60. The number of nitrogens with zero attached hydrogens (tertiary/aromatic N) is 2. The van der Waals surface area contributed by atoms with Crippen molar-refractivity contribution >= 4 is 0 Å². The van der Waals surface area contributed by atoms with Crippen LogP contribution in [0, 0.1) is 5.92 Å². The lowest BCUT2D eigenvalue weighted by atomic mass is 10.0. The second-order valence-corrected chi connectivity index (χ2v) is 4.62. The highest BCUT2D eigenvalue weighted by Crippen LogP contribution is 2.28. The molecule has 0 saturated heterocycles. The summed E-state index contributed by atoms with van der Waals surface area (Å²) in [6.07, 6.45) is 7.21. The van der Waals surface area contributed by atoms with Crippen LogP contribution in [0.1, 0.15) is 31.9 Å². The Morgan fingerprint density at radius 2 is 2.40 bits per heavy atom. The fraction of sp³-hybridized carbons (Fsp3) is 0.750. The molecule has 84 valence electrons. The van der Waals surface area contributed by atoms with E-state index in [1.807, 2.05) is 17.9 Å². The lowest BCUT2D eigenvalue weighted by Crippen LogP contribution is -2.25. The molecular weight excluding hydrogens is 186 g/mol. The van der Waals surface area contributed by atoms with E-state index in [1.54, 1.807) is 0 Å². The van der Waals surface area contributed by atoms with Crippen LogP contribution in [0.3, 0.4) is 0 Å². The van der Waals surface area contributed by atoms with E-state index in [1.165, 1.54) is 25.0 Å². The monoisotopic (exact) mass is 207 g/mol. The van der Waals surface area contributed by atoms with Crippen molar-refractivity contribution in [1.29, 1.82) is 0 Å². The van der Waals surface area contributed by atoms with Crippen LogP contribution < -0.4 is 5.32 Å². The number of hydrogen-bond acceptors (Lipinski definition) is 2. The van der Waals surface area contributed by atoms with E-state index in [0.717, 1.165) is 24.9 Å². The summed E-state index contributed by atoms with van der Waals surface area (Å²) in [5, 5.41) is 7.98. The molecule has 0 spiro atoms. The van der Waals surface area contributed by atoms with Crippen LogP contribution in [0.5, 0.6) is 0 Å². The van der Waals surface area contributed by atoms with Crippen molar-refractivity contribution in [2.24, 2.45) is 13.0 Å². The molecule has 1 aromatic heterocycles. The molecule has 1 N–H and O–H groups in total. The molecule has 1 saturated carbocycles. The molecule has 1 aliphatic rings. The Kier molecular flexibility index (Phi) is 3.41. The molecule has 0 aliphatic heterocycles. The molecule has 0 aromatic carbocycles.